The van der Waals surface area contributed by atoms with E-state index in [-0.39, 0.29) is 0 Å². The number of nitrogens with one attached hydrogen (secondary N) is 1. The normalized spacial score (nSPS) is 24.6. The minimum absolute atomic E-state index is 0.561. The maximum atomic E-state index is 3.68. The predicted molar refractivity (Wildman–Crippen MR) is 69.8 cm³/mol. The summed E-state index contributed by atoms with van der Waals surface area (Å²) in [5, 5.41) is 3.68. The molecular formula is C15H23N. The molecule has 1 aromatic rings. The number of fused-ring (bicyclic) bond motifs is 1. The molecule has 16 heavy (non-hydrogen) atoms. The summed E-state index contributed by atoms with van der Waals surface area (Å²) in [6.07, 6.45) is 1.24. The number of hydrogen-bond donors (Lipinski definition) is 1. The Labute approximate surface area is 99.3 Å². The summed E-state index contributed by atoms with van der Waals surface area (Å²) in [6.45, 7) is 10.3. The summed E-state index contributed by atoms with van der Waals surface area (Å²) >= 11 is 0. The van der Waals surface area contributed by atoms with E-state index in [1.165, 1.54) is 17.5 Å². The smallest absolute Gasteiger partial charge is 0.0325 e. The Kier molecular flexibility index (Phi) is 3.34. The second kappa shape index (κ2) is 4.58. The van der Waals surface area contributed by atoms with Gasteiger partial charge in [-0.15, -0.1) is 0 Å². The molecule has 1 aliphatic rings. The highest BCUT2D eigenvalue weighted by molar-refractivity contribution is 5.41. The van der Waals surface area contributed by atoms with Crippen molar-refractivity contribution in [2.24, 2.45) is 5.92 Å². The van der Waals surface area contributed by atoms with Crippen LogP contribution in [0.5, 0.6) is 0 Å². The summed E-state index contributed by atoms with van der Waals surface area (Å²) in [5.74, 6) is 1.40. The summed E-state index contributed by atoms with van der Waals surface area (Å²) in [7, 11) is 0. The quantitative estimate of drug-likeness (QED) is 0.794. The molecule has 0 radical (unpaired) electrons. The molecule has 1 N–H and O–H groups in total. The van der Waals surface area contributed by atoms with Gasteiger partial charge in [0.1, 0.15) is 0 Å². The van der Waals surface area contributed by atoms with Crippen LogP contribution in [0.15, 0.2) is 18.2 Å². The molecule has 2 atom stereocenters. The fourth-order valence-electron chi connectivity index (χ4n) is 2.89. The topological polar surface area (TPSA) is 12.0 Å². The first-order chi connectivity index (χ1) is 7.59. The monoisotopic (exact) mass is 217 g/mol. The van der Waals surface area contributed by atoms with E-state index in [4.69, 9.17) is 0 Å². The Morgan fingerprint density at radius 2 is 2.12 bits per heavy atom. The molecule has 2 rings (SSSR count). The van der Waals surface area contributed by atoms with E-state index in [1.54, 1.807) is 5.56 Å². The van der Waals surface area contributed by atoms with Crippen LogP contribution in [-0.2, 0) is 0 Å². The van der Waals surface area contributed by atoms with Crippen LogP contribution >= 0.6 is 0 Å². The van der Waals surface area contributed by atoms with Gasteiger partial charge in [0.05, 0.1) is 0 Å². The van der Waals surface area contributed by atoms with Crippen LogP contribution in [0.3, 0.4) is 0 Å². The van der Waals surface area contributed by atoms with E-state index in [1.807, 2.05) is 0 Å². The first-order valence-electron chi connectivity index (χ1n) is 6.42. The Morgan fingerprint density at radius 3 is 2.81 bits per heavy atom. The highest BCUT2D eigenvalue weighted by Crippen LogP contribution is 2.34. The van der Waals surface area contributed by atoms with Crippen LogP contribution in [0.25, 0.3) is 0 Å². The van der Waals surface area contributed by atoms with Gasteiger partial charge in [-0.3, -0.25) is 0 Å². The van der Waals surface area contributed by atoms with Crippen molar-refractivity contribution in [2.45, 2.75) is 46.1 Å². The lowest BCUT2D eigenvalue weighted by atomic mass is 9.82. The fourth-order valence-corrected chi connectivity index (χ4v) is 2.89. The van der Waals surface area contributed by atoms with Crippen molar-refractivity contribution < 1.29 is 0 Å². The molecule has 0 fully saturated rings. The molecule has 1 heterocycles. The summed E-state index contributed by atoms with van der Waals surface area (Å²) in [5.41, 5.74) is 4.58. The molecule has 0 aliphatic carbocycles. The molecule has 0 amide bonds. The van der Waals surface area contributed by atoms with E-state index in [9.17, 15) is 0 Å². The largest absolute Gasteiger partial charge is 0.309 e. The number of benzene rings is 1. The van der Waals surface area contributed by atoms with Gasteiger partial charge in [-0.05, 0) is 41.9 Å². The van der Waals surface area contributed by atoms with Gasteiger partial charge in [0.15, 0.2) is 0 Å². The van der Waals surface area contributed by atoms with Gasteiger partial charge in [-0.2, -0.15) is 0 Å². The Bertz CT molecular complexity index is 368. The second-order valence-electron chi connectivity index (χ2n) is 5.57. The Hall–Kier alpha value is -0.820. The summed E-state index contributed by atoms with van der Waals surface area (Å²) in [6, 6.07) is 7.30. The molecule has 2 unspecified atom stereocenters. The van der Waals surface area contributed by atoms with Crippen LogP contribution in [0, 0.1) is 12.8 Å². The van der Waals surface area contributed by atoms with Crippen LogP contribution in [0.1, 0.15) is 55.8 Å². The lowest BCUT2D eigenvalue weighted by Crippen LogP contribution is -2.33. The van der Waals surface area contributed by atoms with E-state index >= 15 is 0 Å². The zero-order valence-electron chi connectivity index (χ0n) is 10.9. The van der Waals surface area contributed by atoms with E-state index in [2.05, 4.69) is 51.2 Å². The third-order valence-electron chi connectivity index (χ3n) is 3.60. The van der Waals surface area contributed by atoms with Gasteiger partial charge in [0, 0.05) is 12.6 Å². The van der Waals surface area contributed by atoms with E-state index in [0.29, 0.717) is 12.0 Å². The third kappa shape index (κ3) is 2.15. The lowest BCUT2D eigenvalue weighted by molar-refractivity contribution is 0.395. The fraction of sp³-hybridized carbons (Fsp3) is 0.600. The predicted octanol–water partition coefficient (Wildman–Crippen LogP) is 3.79. The molecule has 1 aliphatic heterocycles. The molecule has 1 aromatic carbocycles. The molecule has 0 spiro atoms. The molecule has 88 valence electrons. The zero-order valence-corrected chi connectivity index (χ0v) is 10.9. The molecule has 1 nitrogen and oxygen atoms in total. The van der Waals surface area contributed by atoms with E-state index in [0.717, 1.165) is 12.5 Å². The van der Waals surface area contributed by atoms with Crippen molar-refractivity contribution in [2.75, 3.05) is 6.54 Å². The molecule has 0 saturated heterocycles. The van der Waals surface area contributed by atoms with Gasteiger partial charge in [-0.1, -0.05) is 39.0 Å². The zero-order chi connectivity index (χ0) is 11.7. The average molecular weight is 217 g/mol. The summed E-state index contributed by atoms with van der Waals surface area (Å²) in [4.78, 5) is 0. The van der Waals surface area contributed by atoms with Crippen molar-refractivity contribution in [1.29, 1.82) is 0 Å². The molecule has 0 bridgehead atoms. The molecule has 0 saturated carbocycles. The number of rotatable bonds is 2. The van der Waals surface area contributed by atoms with Crippen LogP contribution < -0.4 is 5.32 Å². The Morgan fingerprint density at radius 1 is 1.38 bits per heavy atom. The van der Waals surface area contributed by atoms with Gasteiger partial charge < -0.3 is 5.32 Å². The Balaban J connectivity index is 2.37. The lowest BCUT2D eigenvalue weighted by Gasteiger charge is -2.33. The van der Waals surface area contributed by atoms with Crippen LogP contribution in [-0.4, -0.2) is 6.54 Å². The molecular weight excluding hydrogens is 194 g/mol. The van der Waals surface area contributed by atoms with Crippen molar-refractivity contribution in [3.8, 4) is 0 Å². The standard InChI is InChI=1S/C15H23N/c1-10(2)8-14-13-7-5-6-11(3)15(13)12(4)9-16-14/h5-7,10,12,14,16H,8-9H2,1-4H3. The minimum Gasteiger partial charge on any atom is -0.309 e. The van der Waals surface area contributed by atoms with Crippen LogP contribution in [0.4, 0.5) is 0 Å². The highest BCUT2D eigenvalue weighted by Gasteiger charge is 2.25. The maximum Gasteiger partial charge on any atom is 0.0325 e. The van der Waals surface area contributed by atoms with Crippen molar-refractivity contribution in [3.63, 3.8) is 0 Å². The SMILES string of the molecule is Cc1cccc2c1C(C)CNC2CC(C)C. The number of aryl methyl sites for hydroxylation is 1. The van der Waals surface area contributed by atoms with Gasteiger partial charge in [-0.25, -0.2) is 0 Å². The van der Waals surface area contributed by atoms with Gasteiger partial charge >= 0.3 is 0 Å². The number of hydrogen-bond acceptors (Lipinski definition) is 1. The third-order valence-corrected chi connectivity index (χ3v) is 3.60. The first-order valence-corrected chi connectivity index (χ1v) is 6.42. The average Bonchev–Trinajstić information content (AvgIpc) is 2.22. The van der Waals surface area contributed by atoms with Crippen LogP contribution in [0.2, 0.25) is 0 Å². The second-order valence-corrected chi connectivity index (χ2v) is 5.57. The van der Waals surface area contributed by atoms with Gasteiger partial charge in [0.2, 0.25) is 0 Å². The first kappa shape index (κ1) is 11.7. The molecule has 0 aromatic heterocycles. The highest BCUT2D eigenvalue weighted by atomic mass is 14.9. The van der Waals surface area contributed by atoms with E-state index < -0.39 is 0 Å². The summed E-state index contributed by atoms with van der Waals surface area (Å²) < 4.78 is 0. The maximum absolute atomic E-state index is 3.68. The van der Waals surface area contributed by atoms with Gasteiger partial charge in [0.25, 0.3) is 0 Å². The minimum atomic E-state index is 0.561. The van der Waals surface area contributed by atoms with Crippen molar-refractivity contribution in [1.82, 2.24) is 5.32 Å². The molecule has 1 heteroatoms. The van der Waals surface area contributed by atoms with Crippen molar-refractivity contribution >= 4 is 0 Å². The van der Waals surface area contributed by atoms with Crippen molar-refractivity contribution in [3.05, 3.63) is 34.9 Å².